The van der Waals surface area contributed by atoms with Gasteiger partial charge in [0.25, 0.3) is 0 Å². The van der Waals surface area contributed by atoms with Gasteiger partial charge in [-0.2, -0.15) is 0 Å². The highest BCUT2D eigenvalue weighted by molar-refractivity contribution is 5.85. The number of nitrogens with one attached hydrogen (secondary N) is 1. The zero-order valence-electron chi connectivity index (χ0n) is 15.3. The van der Waals surface area contributed by atoms with Gasteiger partial charge in [0.2, 0.25) is 11.8 Å². The minimum absolute atomic E-state index is 0. The summed E-state index contributed by atoms with van der Waals surface area (Å²) in [5.74, 6) is 0.104. The molecular weight excluding hydrogens is 340 g/mol. The van der Waals surface area contributed by atoms with E-state index >= 15 is 0 Å². The van der Waals surface area contributed by atoms with Crippen molar-refractivity contribution in [1.29, 1.82) is 0 Å². The Morgan fingerprint density at radius 2 is 1.72 bits per heavy atom. The number of halogens is 1. The van der Waals surface area contributed by atoms with Gasteiger partial charge in [-0.3, -0.25) is 14.5 Å². The number of hydrogen-bond acceptors (Lipinski definition) is 4. The Morgan fingerprint density at radius 3 is 2.32 bits per heavy atom. The number of carbonyl (C=O) groups excluding carboxylic acids is 2. The van der Waals surface area contributed by atoms with Crippen LogP contribution in [0.4, 0.5) is 0 Å². The molecule has 7 heteroatoms. The van der Waals surface area contributed by atoms with Crippen molar-refractivity contribution < 1.29 is 9.59 Å². The fourth-order valence-corrected chi connectivity index (χ4v) is 2.81. The average molecular weight is 369 g/mol. The normalized spacial score (nSPS) is 15.4. The van der Waals surface area contributed by atoms with Crippen LogP contribution < -0.4 is 5.32 Å². The van der Waals surface area contributed by atoms with Gasteiger partial charge in [0.15, 0.2) is 0 Å². The first-order valence-corrected chi connectivity index (χ1v) is 8.46. The lowest BCUT2D eigenvalue weighted by Crippen LogP contribution is -2.50. The summed E-state index contributed by atoms with van der Waals surface area (Å²) in [7, 11) is 3.63. The van der Waals surface area contributed by atoms with Gasteiger partial charge in [-0.25, -0.2) is 0 Å². The predicted molar refractivity (Wildman–Crippen MR) is 102 cm³/mol. The van der Waals surface area contributed by atoms with Gasteiger partial charge in [-0.05, 0) is 19.5 Å². The van der Waals surface area contributed by atoms with Crippen molar-refractivity contribution in [1.82, 2.24) is 20.0 Å². The van der Waals surface area contributed by atoms with Crippen LogP contribution in [-0.4, -0.2) is 79.9 Å². The molecule has 0 aromatic heterocycles. The molecular formula is C18H29ClN4O2. The number of rotatable bonds is 6. The molecule has 0 radical (unpaired) electrons. The fourth-order valence-electron chi connectivity index (χ4n) is 2.81. The van der Waals surface area contributed by atoms with Crippen molar-refractivity contribution in [2.24, 2.45) is 0 Å². The Bertz CT molecular complexity index is 549. The predicted octanol–water partition coefficient (Wildman–Crippen LogP) is 0.991. The van der Waals surface area contributed by atoms with Gasteiger partial charge in [0.05, 0.1) is 19.1 Å². The van der Waals surface area contributed by atoms with Gasteiger partial charge in [0.1, 0.15) is 0 Å². The van der Waals surface area contributed by atoms with E-state index < -0.39 is 0 Å². The molecule has 1 heterocycles. The maximum atomic E-state index is 12.5. The SMILES string of the molecule is CC(c1ccccc1)N(C)C(=O)CN(C)CC(=O)N1CCNCC1.Cl. The van der Waals surface area contributed by atoms with Crippen LogP contribution in [0.2, 0.25) is 0 Å². The Balaban J connectivity index is 0.00000312. The quantitative estimate of drug-likeness (QED) is 0.813. The molecule has 1 unspecified atom stereocenters. The fraction of sp³-hybridized carbons (Fsp3) is 0.556. The number of carbonyl (C=O) groups is 2. The van der Waals surface area contributed by atoms with Crippen LogP contribution in [0.3, 0.4) is 0 Å². The standard InChI is InChI=1S/C18H28N4O2.ClH/c1-15(16-7-5-4-6-8-16)21(3)17(23)13-20(2)14-18(24)22-11-9-19-10-12-22;/h4-8,15,19H,9-14H2,1-3H3;1H. The largest absolute Gasteiger partial charge is 0.339 e. The van der Waals surface area contributed by atoms with Crippen LogP contribution in [0.25, 0.3) is 0 Å². The first-order valence-electron chi connectivity index (χ1n) is 8.46. The minimum Gasteiger partial charge on any atom is -0.339 e. The summed E-state index contributed by atoms with van der Waals surface area (Å²) in [6, 6.07) is 9.97. The zero-order valence-corrected chi connectivity index (χ0v) is 16.1. The molecule has 0 spiro atoms. The summed E-state index contributed by atoms with van der Waals surface area (Å²) in [6.07, 6.45) is 0. The molecule has 1 aromatic rings. The summed E-state index contributed by atoms with van der Waals surface area (Å²) < 4.78 is 0. The Labute approximate surface area is 156 Å². The summed E-state index contributed by atoms with van der Waals surface area (Å²) in [4.78, 5) is 30.1. The number of nitrogens with zero attached hydrogens (tertiary/aromatic N) is 3. The van der Waals surface area contributed by atoms with E-state index in [1.54, 1.807) is 9.80 Å². The van der Waals surface area contributed by atoms with E-state index in [4.69, 9.17) is 0 Å². The first kappa shape index (κ1) is 21.4. The smallest absolute Gasteiger partial charge is 0.236 e. The number of amides is 2. The molecule has 1 saturated heterocycles. The first-order chi connectivity index (χ1) is 11.5. The van der Waals surface area contributed by atoms with Crippen molar-refractivity contribution in [3.63, 3.8) is 0 Å². The van der Waals surface area contributed by atoms with Crippen LogP contribution in [0, 0.1) is 0 Å². The Hall–Kier alpha value is -1.63. The van der Waals surface area contributed by atoms with Gasteiger partial charge in [-0.15, -0.1) is 12.4 Å². The van der Waals surface area contributed by atoms with E-state index in [0.717, 1.165) is 31.7 Å². The third-order valence-electron chi connectivity index (χ3n) is 4.54. The molecule has 0 saturated carbocycles. The third kappa shape index (κ3) is 6.30. The molecule has 2 amide bonds. The second-order valence-corrected chi connectivity index (χ2v) is 6.39. The average Bonchev–Trinajstić information content (AvgIpc) is 2.61. The molecule has 1 aliphatic heterocycles. The van der Waals surface area contributed by atoms with E-state index in [1.165, 1.54) is 0 Å². The van der Waals surface area contributed by atoms with Crippen molar-refractivity contribution in [3.05, 3.63) is 35.9 Å². The molecule has 1 fully saturated rings. The van der Waals surface area contributed by atoms with E-state index in [1.807, 2.05) is 56.3 Å². The summed E-state index contributed by atoms with van der Waals surface area (Å²) >= 11 is 0. The number of benzene rings is 1. The number of piperazine rings is 1. The molecule has 0 bridgehead atoms. The topological polar surface area (TPSA) is 55.9 Å². The summed E-state index contributed by atoms with van der Waals surface area (Å²) in [5, 5.41) is 3.23. The maximum Gasteiger partial charge on any atom is 0.236 e. The second-order valence-electron chi connectivity index (χ2n) is 6.39. The highest BCUT2D eigenvalue weighted by Gasteiger charge is 2.21. The van der Waals surface area contributed by atoms with Crippen molar-refractivity contribution >= 4 is 24.2 Å². The van der Waals surface area contributed by atoms with E-state index in [2.05, 4.69) is 5.32 Å². The molecule has 1 aliphatic rings. The van der Waals surface area contributed by atoms with Crippen LogP contribution in [-0.2, 0) is 9.59 Å². The van der Waals surface area contributed by atoms with Crippen molar-refractivity contribution in [2.75, 3.05) is 53.4 Å². The minimum atomic E-state index is 0. The van der Waals surface area contributed by atoms with Crippen molar-refractivity contribution in [2.45, 2.75) is 13.0 Å². The Morgan fingerprint density at radius 1 is 1.12 bits per heavy atom. The molecule has 1 N–H and O–H groups in total. The third-order valence-corrected chi connectivity index (χ3v) is 4.54. The summed E-state index contributed by atoms with van der Waals surface area (Å²) in [5.41, 5.74) is 1.10. The van der Waals surface area contributed by atoms with Crippen LogP contribution >= 0.6 is 12.4 Å². The van der Waals surface area contributed by atoms with Gasteiger partial charge in [0, 0.05) is 33.2 Å². The molecule has 25 heavy (non-hydrogen) atoms. The lowest BCUT2D eigenvalue weighted by Gasteiger charge is -2.30. The molecule has 1 atom stereocenters. The van der Waals surface area contributed by atoms with E-state index in [0.29, 0.717) is 0 Å². The highest BCUT2D eigenvalue weighted by Crippen LogP contribution is 2.18. The van der Waals surface area contributed by atoms with E-state index in [-0.39, 0.29) is 43.4 Å². The molecule has 6 nitrogen and oxygen atoms in total. The molecule has 140 valence electrons. The monoisotopic (exact) mass is 368 g/mol. The Kier molecular flexibility index (Phi) is 8.89. The van der Waals surface area contributed by atoms with Gasteiger partial charge >= 0.3 is 0 Å². The highest BCUT2D eigenvalue weighted by atomic mass is 35.5. The van der Waals surface area contributed by atoms with Crippen LogP contribution in [0.15, 0.2) is 30.3 Å². The number of likely N-dealkylation sites (N-methyl/N-ethyl adjacent to an activating group) is 2. The van der Waals surface area contributed by atoms with Gasteiger partial charge in [-0.1, -0.05) is 30.3 Å². The molecule has 1 aromatic carbocycles. The molecule has 0 aliphatic carbocycles. The van der Waals surface area contributed by atoms with Crippen LogP contribution in [0.1, 0.15) is 18.5 Å². The van der Waals surface area contributed by atoms with E-state index in [9.17, 15) is 9.59 Å². The summed E-state index contributed by atoms with van der Waals surface area (Å²) in [6.45, 7) is 5.69. The second kappa shape index (κ2) is 10.4. The lowest BCUT2D eigenvalue weighted by molar-refractivity contribution is -0.135. The lowest BCUT2D eigenvalue weighted by atomic mass is 10.1. The number of hydrogen-bond donors (Lipinski definition) is 1. The van der Waals surface area contributed by atoms with Crippen molar-refractivity contribution in [3.8, 4) is 0 Å². The van der Waals surface area contributed by atoms with Gasteiger partial charge < -0.3 is 15.1 Å². The molecule has 2 rings (SSSR count). The van der Waals surface area contributed by atoms with Crippen LogP contribution in [0.5, 0.6) is 0 Å². The maximum absolute atomic E-state index is 12.5. The zero-order chi connectivity index (χ0) is 17.5.